The molecule has 0 spiro atoms. The van der Waals surface area contributed by atoms with Crippen LogP contribution in [0.1, 0.15) is 24.8 Å². The Morgan fingerprint density at radius 1 is 1.10 bits per heavy atom. The van der Waals surface area contributed by atoms with Crippen molar-refractivity contribution in [3.05, 3.63) is 64.1 Å². The first-order valence-electron chi connectivity index (χ1n) is 8.90. The fourth-order valence-electron chi connectivity index (χ4n) is 2.71. The third-order valence-electron chi connectivity index (χ3n) is 4.15. The third-order valence-corrected chi connectivity index (χ3v) is 4.70. The van der Waals surface area contributed by atoms with Crippen molar-refractivity contribution in [3.8, 4) is 11.3 Å². The molecule has 0 atom stereocenters. The van der Waals surface area contributed by atoms with Crippen molar-refractivity contribution in [3.63, 3.8) is 0 Å². The van der Waals surface area contributed by atoms with Gasteiger partial charge in [-0.1, -0.05) is 29.3 Å². The number of anilines is 2. The van der Waals surface area contributed by atoms with E-state index < -0.39 is 0 Å². The standard InChI is InChI=1S/C21H19Cl2N3O3/c1-12-3-5-15(10-18(12)25-13(2)27)26-20(28)7-8-21-24-11-19(29-21)16-6-4-14(22)9-17(16)23/h3-6,9-11H,7-8H2,1-2H3,(H,25,27)(H,26,28). The number of halogens is 2. The molecule has 0 unspecified atom stereocenters. The smallest absolute Gasteiger partial charge is 0.224 e. The summed E-state index contributed by atoms with van der Waals surface area (Å²) in [5.74, 6) is 0.591. The maximum absolute atomic E-state index is 12.3. The predicted octanol–water partition coefficient (Wildman–Crippen LogP) is 5.49. The van der Waals surface area contributed by atoms with Gasteiger partial charge in [0.15, 0.2) is 11.7 Å². The molecule has 0 aliphatic heterocycles. The fraction of sp³-hybridized carbons (Fsp3) is 0.190. The molecule has 2 N–H and O–H groups in total. The highest BCUT2D eigenvalue weighted by Gasteiger charge is 2.12. The first kappa shape index (κ1) is 20.9. The summed E-state index contributed by atoms with van der Waals surface area (Å²) in [5.41, 5.74) is 2.86. The van der Waals surface area contributed by atoms with Gasteiger partial charge in [0.1, 0.15) is 0 Å². The van der Waals surface area contributed by atoms with Crippen LogP contribution in [0.25, 0.3) is 11.3 Å². The number of oxazole rings is 1. The molecule has 29 heavy (non-hydrogen) atoms. The predicted molar refractivity (Wildman–Crippen MR) is 114 cm³/mol. The van der Waals surface area contributed by atoms with E-state index in [4.69, 9.17) is 27.6 Å². The van der Waals surface area contributed by atoms with E-state index in [-0.39, 0.29) is 18.2 Å². The van der Waals surface area contributed by atoms with E-state index in [9.17, 15) is 9.59 Å². The van der Waals surface area contributed by atoms with E-state index in [1.54, 1.807) is 36.5 Å². The lowest BCUT2D eigenvalue weighted by molar-refractivity contribution is -0.116. The van der Waals surface area contributed by atoms with E-state index in [1.807, 2.05) is 13.0 Å². The van der Waals surface area contributed by atoms with Gasteiger partial charge in [0.25, 0.3) is 0 Å². The van der Waals surface area contributed by atoms with Crippen LogP contribution in [-0.4, -0.2) is 16.8 Å². The first-order chi connectivity index (χ1) is 13.8. The maximum Gasteiger partial charge on any atom is 0.224 e. The lowest BCUT2D eigenvalue weighted by Gasteiger charge is -2.10. The minimum absolute atomic E-state index is 0.169. The summed E-state index contributed by atoms with van der Waals surface area (Å²) in [4.78, 5) is 27.7. The van der Waals surface area contributed by atoms with Crippen molar-refractivity contribution >= 4 is 46.4 Å². The van der Waals surface area contributed by atoms with Crippen LogP contribution in [0.3, 0.4) is 0 Å². The number of aryl methyl sites for hydroxylation is 2. The number of nitrogens with one attached hydrogen (secondary N) is 2. The minimum atomic E-state index is -0.188. The van der Waals surface area contributed by atoms with Crippen molar-refractivity contribution in [1.82, 2.24) is 4.98 Å². The van der Waals surface area contributed by atoms with Gasteiger partial charge in [-0.2, -0.15) is 0 Å². The van der Waals surface area contributed by atoms with Gasteiger partial charge in [0.2, 0.25) is 11.8 Å². The van der Waals surface area contributed by atoms with Crippen LogP contribution >= 0.6 is 23.2 Å². The number of hydrogen-bond donors (Lipinski definition) is 2. The Morgan fingerprint density at radius 3 is 2.62 bits per heavy atom. The summed E-state index contributed by atoms with van der Waals surface area (Å²) in [6.45, 7) is 3.32. The highest BCUT2D eigenvalue weighted by Crippen LogP contribution is 2.31. The SMILES string of the molecule is CC(=O)Nc1cc(NC(=O)CCc2ncc(-c3ccc(Cl)cc3Cl)o2)ccc1C. The summed E-state index contributed by atoms with van der Waals surface area (Å²) in [5, 5.41) is 6.55. The van der Waals surface area contributed by atoms with Gasteiger partial charge in [0.05, 0.1) is 11.2 Å². The van der Waals surface area contributed by atoms with Crippen LogP contribution in [0.5, 0.6) is 0 Å². The van der Waals surface area contributed by atoms with Crippen LogP contribution in [-0.2, 0) is 16.0 Å². The fourth-order valence-corrected chi connectivity index (χ4v) is 3.21. The molecule has 1 heterocycles. The summed E-state index contributed by atoms with van der Waals surface area (Å²) in [7, 11) is 0. The number of benzene rings is 2. The molecule has 1 aromatic heterocycles. The van der Waals surface area contributed by atoms with Crippen molar-refractivity contribution in [2.75, 3.05) is 10.6 Å². The lowest BCUT2D eigenvalue weighted by Crippen LogP contribution is -2.13. The van der Waals surface area contributed by atoms with Gasteiger partial charge < -0.3 is 15.1 Å². The first-order valence-corrected chi connectivity index (χ1v) is 9.65. The Labute approximate surface area is 178 Å². The Kier molecular flexibility index (Phi) is 6.56. The Hall–Kier alpha value is -2.83. The molecule has 150 valence electrons. The number of carbonyl (C=O) groups excluding carboxylic acids is 2. The lowest BCUT2D eigenvalue weighted by atomic mass is 10.1. The van der Waals surface area contributed by atoms with Crippen molar-refractivity contribution in [1.29, 1.82) is 0 Å². The van der Waals surface area contributed by atoms with Crippen molar-refractivity contribution < 1.29 is 14.0 Å². The summed E-state index contributed by atoms with van der Waals surface area (Å²) in [6, 6.07) is 10.4. The summed E-state index contributed by atoms with van der Waals surface area (Å²) in [6.07, 6.45) is 2.10. The Bertz CT molecular complexity index is 1060. The van der Waals surface area contributed by atoms with Gasteiger partial charge in [-0.15, -0.1) is 0 Å². The summed E-state index contributed by atoms with van der Waals surface area (Å²) >= 11 is 12.1. The molecule has 8 heteroatoms. The normalized spacial score (nSPS) is 10.6. The molecule has 3 aromatic rings. The molecular weight excluding hydrogens is 413 g/mol. The second kappa shape index (κ2) is 9.11. The molecule has 0 bridgehead atoms. The number of rotatable bonds is 6. The molecule has 0 saturated heterocycles. The number of hydrogen-bond acceptors (Lipinski definition) is 4. The zero-order valence-electron chi connectivity index (χ0n) is 15.9. The summed E-state index contributed by atoms with van der Waals surface area (Å²) < 4.78 is 5.70. The van der Waals surface area contributed by atoms with Gasteiger partial charge in [-0.25, -0.2) is 4.98 Å². The van der Waals surface area contributed by atoms with Gasteiger partial charge in [-0.05, 0) is 42.8 Å². The molecule has 3 rings (SSSR count). The van der Waals surface area contributed by atoms with E-state index in [1.165, 1.54) is 6.92 Å². The van der Waals surface area contributed by atoms with Crippen LogP contribution in [0.15, 0.2) is 47.0 Å². The molecule has 0 radical (unpaired) electrons. The number of aromatic nitrogens is 1. The zero-order chi connectivity index (χ0) is 21.0. The second-order valence-corrected chi connectivity index (χ2v) is 7.35. The van der Waals surface area contributed by atoms with Crippen LogP contribution in [0, 0.1) is 6.92 Å². The largest absolute Gasteiger partial charge is 0.441 e. The molecule has 0 saturated carbocycles. The maximum atomic E-state index is 12.3. The van der Waals surface area contributed by atoms with Crippen LogP contribution < -0.4 is 10.6 Å². The highest BCUT2D eigenvalue weighted by atomic mass is 35.5. The van der Waals surface area contributed by atoms with E-state index in [0.717, 1.165) is 5.56 Å². The van der Waals surface area contributed by atoms with Gasteiger partial charge >= 0.3 is 0 Å². The molecule has 0 fully saturated rings. The molecule has 0 aliphatic rings. The van der Waals surface area contributed by atoms with Crippen molar-refractivity contribution in [2.24, 2.45) is 0 Å². The van der Waals surface area contributed by atoms with Crippen molar-refractivity contribution in [2.45, 2.75) is 26.7 Å². The highest BCUT2D eigenvalue weighted by molar-refractivity contribution is 6.36. The molecule has 6 nitrogen and oxygen atoms in total. The van der Waals surface area contributed by atoms with Crippen LogP contribution in [0.4, 0.5) is 11.4 Å². The minimum Gasteiger partial charge on any atom is -0.441 e. The van der Waals surface area contributed by atoms with Crippen LogP contribution in [0.2, 0.25) is 10.0 Å². The average Bonchev–Trinajstić information content (AvgIpc) is 3.11. The van der Waals surface area contributed by atoms with E-state index in [0.29, 0.717) is 45.1 Å². The van der Waals surface area contributed by atoms with Gasteiger partial charge in [0, 0.05) is 41.7 Å². The topological polar surface area (TPSA) is 84.2 Å². The monoisotopic (exact) mass is 431 g/mol. The molecule has 2 amide bonds. The second-order valence-electron chi connectivity index (χ2n) is 6.50. The van der Waals surface area contributed by atoms with E-state index in [2.05, 4.69) is 15.6 Å². The number of amides is 2. The number of carbonyl (C=O) groups is 2. The average molecular weight is 432 g/mol. The molecule has 0 aliphatic carbocycles. The molecule has 2 aromatic carbocycles. The zero-order valence-corrected chi connectivity index (χ0v) is 17.4. The Balaban J connectivity index is 1.60. The quantitative estimate of drug-likeness (QED) is 0.540. The Morgan fingerprint density at radius 2 is 1.90 bits per heavy atom. The van der Waals surface area contributed by atoms with E-state index >= 15 is 0 Å². The number of nitrogens with zero attached hydrogens (tertiary/aromatic N) is 1. The van der Waals surface area contributed by atoms with Gasteiger partial charge in [-0.3, -0.25) is 9.59 Å². The molecular formula is C21H19Cl2N3O3. The third kappa shape index (κ3) is 5.59.